The Bertz CT molecular complexity index is 825. The van der Waals surface area contributed by atoms with Crippen LogP contribution in [0.25, 0.3) is 11.5 Å². The van der Waals surface area contributed by atoms with E-state index in [0.717, 1.165) is 5.56 Å². The highest BCUT2D eigenvalue weighted by molar-refractivity contribution is 5.94. The summed E-state index contributed by atoms with van der Waals surface area (Å²) < 4.78 is 5.57. The summed E-state index contributed by atoms with van der Waals surface area (Å²) in [5.74, 6) is 0.825. The molecule has 9 nitrogen and oxygen atoms in total. The average molecular weight is 311 g/mol. The number of oxime groups is 1. The molecule has 0 saturated heterocycles. The first kappa shape index (κ1) is 14.4. The van der Waals surface area contributed by atoms with E-state index < -0.39 is 0 Å². The molecule has 0 saturated carbocycles. The van der Waals surface area contributed by atoms with Crippen LogP contribution in [0.5, 0.6) is 0 Å². The number of hydrogen-bond acceptors (Lipinski definition) is 8. The standard InChI is InChI=1S/C14H13N7O2/c1-8-2-3-9(16-4-8)11-6-19-14(23-11)20-12-7-17-10(5-18-12)13(15)21-22/h2-7,22H,1H3,(H2,15,21)(H,18,19,20). The van der Waals surface area contributed by atoms with E-state index in [0.29, 0.717) is 17.3 Å². The molecule has 3 rings (SSSR count). The van der Waals surface area contributed by atoms with Crippen LogP contribution in [0.4, 0.5) is 11.8 Å². The van der Waals surface area contributed by atoms with Gasteiger partial charge < -0.3 is 15.4 Å². The predicted octanol–water partition coefficient (Wildman–Crippen LogP) is 1.67. The Morgan fingerprint density at radius 3 is 2.65 bits per heavy atom. The van der Waals surface area contributed by atoms with E-state index in [4.69, 9.17) is 15.4 Å². The SMILES string of the molecule is Cc1ccc(-c2cnc(Nc3cnc(/C(N)=N/O)cn3)o2)nc1. The lowest BCUT2D eigenvalue weighted by Crippen LogP contribution is -2.15. The van der Waals surface area contributed by atoms with Crippen LogP contribution in [-0.4, -0.2) is 31.0 Å². The summed E-state index contributed by atoms with van der Waals surface area (Å²) >= 11 is 0. The first-order valence-electron chi connectivity index (χ1n) is 6.61. The molecule has 0 aromatic carbocycles. The summed E-state index contributed by atoms with van der Waals surface area (Å²) in [6.07, 6.45) is 6.10. The fourth-order valence-corrected chi connectivity index (χ4v) is 1.75. The fraction of sp³-hybridized carbons (Fsp3) is 0.0714. The van der Waals surface area contributed by atoms with Crippen LogP contribution in [0.3, 0.4) is 0 Å². The van der Waals surface area contributed by atoms with Crippen molar-refractivity contribution in [2.24, 2.45) is 10.9 Å². The molecule has 4 N–H and O–H groups in total. The van der Waals surface area contributed by atoms with Gasteiger partial charge in [0.2, 0.25) is 0 Å². The third kappa shape index (κ3) is 3.23. The minimum absolute atomic E-state index is 0.118. The monoisotopic (exact) mass is 311 g/mol. The molecule has 116 valence electrons. The second-order valence-electron chi connectivity index (χ2n) is 4.65. The van der Waals surface area contributed by atoms with E-state index >= 15 is 0 Å². The van der Waals surface area contributed by atoms with E-state index in [1.165, 1.54) is 12.4 Å². The van der Waals surface area contributed by atoms with Gasteiger partial charge in [-0.2, -0.15) is 0 Å². The molecule has 0 spiro atoms. The maximum Gasteiger partial charge on any atom is 0.300 e. The van der Waals surface area contributed by atoms with Crippen LogP contribution < -0.4 is 11.1 Å². The molecule has 3 aromatic rings. The third-order valence-corrected chi connectivity index (χ3v) is 2.93. The number of nitrogens with zero attached hydrogens (tertiary/aromatic N) is 5. The molecule has 0 aliphatic carbocycles. The first-order valence-corrected chi connectivity index (χ1v) is 6.61. The lowest BCUT2D eigenvalue weighted by atomic mass is 10.2. The minimum Gasteiger partial charge on any atom is -0.422 e. The zero-order valence-corrected chi connectivity index (χ0v) is 12.1. The lowest BCUT2D eigenvalue weighted by Gasteiger charge is -2.01. The van der Waals surface area contributed by atoms with Crippen LogP contribution in [-0.2, 0) is 0 Å². The van der Waals surface area contributed by atoms with Gasteiger partial charge in [0, 0.05) is 6.20 Å². The third-order valence-electron chi connectivity index (χ3n) is 2.93. The van der Waals surface area contributed by atoms with Crippen molar-refractivity contribution < 1.29 is 9.62 Å². The molecule has 3 heterocycles. The highest BCUT2D eigenvalue weighted by Gasteiger charge is 2.09. The average Bonchev–Trinajstić information content (AvgIpc) is 3.04. The molecule has 0 atom stereocenters. The van der Waals surface area contributed by atoms with Crippen molar-refractivity contribution in [3.05, 3.63) is 48.2 Å². The van der Waals surface area contributed by atoms with Gasteiger partial charge in [0.15, 0.2) is 17.4 Å². The summed E-state index contributed by atoms with van der Waals surface area (Å²) in [7, 11) is 0. The molecule has 0 aliphatic rings. The number of rotatable bonds is 4. The van der Waals surface area contributed by atoms with Gasteiger partial charge in [0.1, 0.15) is 11.4 Å². The number of aromatic nitrogens is 4. The van der Waals surface area contributed by atoms with E-state index in [-0.39, 0.29) is 17.5 Å². The minimum atomic E-state index is -0.118. The van der Waals surface area contributed by atoms with Crippen molar-refractivity contribution in [1.82, 2.24) is 19.9 Å². The van der Waals surface area contributed by atoms with Gasteiger partial charge in [0.05, 0.1) is 18.6 Å². The number of hydrogen-bond donors (Lipinski definition) is 3. The van der Waals surface area contributed by atoms with Crippen molar-refractivity contribution in [2.45, 2.75) is 6.92 Å². The zero-order valence-electron chi connectivity index (χ0n) is 12.1. The van der Waals surface area contributed by atoms with Crippen LogP contribution in [0.15, 0.2) is 46.5 Å². The van der Waals surface area contributed by atoms with Crippen LogP contribution in [0.2, 0.25) is 0 Å². The number of aryl methyl sites for hydroxylation is 1. The Morgan fingerprint density at radius 2 is 2.00 bits per heavy atom. The van der Waals surface area contributed by atoms with Crippen molar-refractivity contribution in [3.63, 3.8) is 0 Å². The van der Waals surface area contributed by atoms with E-state index in [1.807, 2.05) is 19.1 Å². The molecule has 23 heavy (non-hydrogen) atoms. The largest absolute Gasteiger partial charge is 0.422 e. The number of pyridine rings is 1. The molecule has 0 fully saturated rings. The Morgan fingerprint density at radius 1 is 1.13 bits per heavy atom. The van der Waals surface area contributed by atoms with E-state index in [2.05, 4.69) is 30.4 Å². The quantitative estimate of drug-likeness (QED) is 0.286. The molecular formula is C14H13N7O2. The summed E-state index contributed by atoms with van der Waals surface area (Å²) in [5.41, 5.74) is 7.42. The number of amidine groups is 1. The number of oxazole rings is 1. The molecule has 0 amide bonds. The van der Waals surface area contributed by atoms with E-state index in [1.54, 1.807) is 12.4 Å². The second kappa shape index (κ2) is 6.10. The van der Waals surface area contributed by atoms with Crippen molar-refractivity contribution in [1.29, 1.82) is 0 Å². The fourth-order valence-electron chi connectivity index (χ4n) is 1.75. The van der Waals surface area contributed by atoms with Crippen LogP contribution in [0.1, 0.15) is 11.3 Å². The van der Waals surface area contributed by atoms with Gasteiger partial charge in [0.25, 0.3) is 0 Å². The second-order valence-corrected chi connectivity index (χ2v) is 4.65. The zero-order chi connectivity index (χ0) is 16.2. The molecule has 0 radical (unpaired) electrons. The van der Waals surface area contributed by atoms with E-state index in [9.17, 15) is 0 Å². The Kier molecular flexibility index (Phi) is 3.83. The molecule has 9 heteroatoms. The summed E-state index contributed by atoms with van der Waals surface area (Å²) in [4.78, 5) is 16.5. The van der Waals surface area contributed by atoms with Crippen molar-refractivity contribution >= 4 is 17.7 Å². The Hall–Kier alpha value is -3.49. The summed E-state index contributed by atoms with van der Waals surface area (Å²) in [6, 6.07) is 4.05. The van der Waals surface area contributed by atoms with Gasteiger partial charge >= 0.3 is 6.01 Å². The van der Waals surface area contributed by atoms with Crippen molar-refractivity contribution in [2.75, 3.05) is 5.32 Å². The van der Waals surface area contributed by atoms with Gasteiger partial charge in [-0.15, -0.1) is 0 Å². The summed E-state index contributed by atoms with van der Waals surface area (Å²) in [6.45, 7) is 1.96. The molecule has 0 aliphatic heterocycles. The lowest BCUT2D eigenvalue weighted by molar-refractivity contribution is 0.318. The first-order chi connectivity index (χ1) is 11.2. The van der Waals surface area contributed by atoms with Gasteiger partial charge in [-0.25, -0.2) is 15.0 Å². The van der Waals surface area contributed by atoms with Crippen LogP contribution >= 0.6 is 0 Å². The van der Waals surface area contributed by atoms with Gasteiger partial charge in [-0.1, -0.05) is 11.2 Å². The summed E-state index contributed by atoms with van der Waals surface area (Å²) in [5, 5.41) is 14.3. The highest BCUT2D eigenvalue weighted by Crippen LogP contribution is 2.22. The maximum atomic E-state index is 8.57. The Labute approximate surface area is 130 Å². The molecular weight excluding hydrogens is 298 g/mol. The topological polar surface area (TPSA) is 135 Å². The number of anilines is 2. The smallest absolute Gasteiger partial charge is 0.300 e. The molecule has 3 aromatic heterocycles. The normalized spacial score (nSPS) is 11.4. The van der Waals surface area contributed by atoms with Gasteiger partial charge in [-0.05, 0) is 18.6 Å². The molecule has 0 unspecified atom stereocenters. The van der Waals surface area contributed by atoms with Crippen molar-refractivity contribution in [3.8, 4) is 11.5 Å². The maximum absolute atomic E-state index is 8.57. The number of nitrogens with one attached hydrogen (secondary N) is 1. The van der Waals surface area contributed by atoms with Gasteiger partial charge in [-0.3, -0.25) is 10.3 Å². The van der Waals surface area contributed by atoms with Crippen LogP contribution in [0, 0.1) is 6.92 Å². The molecule has 0 bridgehead atoms. The number of nitrogens with two attached hydrogens (primary N) is 1. The highest BCUT2D eigenvalue weighted by atomic mass is 16.4. The predicted molar refractivity (Wildman–Crippen MR) is 82.3 cm³/mol. The Balaban J connectivity index is 1.75.